The average molecular weight is 295 g/mol. The molecule has 20 heavy (non-hydrogen) atoms. The lowest BCUT2D eigenvalue weighted by atomic mass is 9.73. The van der Waals surface area contributed by atoms with Crippen LogP contribution in [0.1, 0.15) is 24.5 Å². The number of piperidine rings is 1. The van der Waals surface area contributed by atoms with Gasteiger partial charge in [-0.15, -0.1) is 0 Å². The first-order valence-corrected chi connectivity index (χ1v) is 6.69. The maximum absolute atomic E-state index is 10.9. The molecule has 5 nitrogen and oxygen atoms in total. The molecule has 1 amide bonds. The first kappa shape index (κ1) is 14.6. The molecule has 1 unspecified atom stereocenters. The van der Waals surface area contributed by atoms with E-state index in [-0.39, 0.29) is 13.1 Å². The molecule has 1 fully saturated rings. The van der Waals surface area contributed by atoms with E-state index < -0.39 is 17.6 Å². The van der Waals surface area contributed by atoms with Gasteiger partial charge < -0.3 is 15.1 Å². The Morgan fingerprint density at radius 2 is 2.00 bits per heavy atom. The van der Waals surface area contributed by atoms with Gasteiger partial charge in [0.1, 0.15) is 0 Å². The van der Waals surface area contributed by atoms with Crippen LogP contribution < -0.4 is 0 Å². The van der Waals surface area contributed by atoms with Gasteiger partial charge in [0.25, 0.3) is 0 Å². The van der Waals surface area contributed by atoms with Gasteiger partial charge in [-0.3, -0.25) is 0 Å². The summed E-state index contributed by atoms with van der Waals surface area (Å²) in [5, 5.41) is 29.4. The number of hydrogen-bond acceptors (Lipinski definition) is 3. The number of nitrogens with zero attached hydrogens (tertiary/aromatic N) is 2. The van der Waals surface area contributed by atoms with Gasteiger partial charge in [0, 0.05) is 23.7 Å². The second-order valence-corrected chi connectivity index (χ2v) is 5.37. The summed E-state index contributed by atoms with van der Waals surface area (Å²) in [7, 11) is 0. The highest BCUT2D eigenvalue weighted by Crippen LogP contribution is 2.44. The Kier molecular flexibility index (Phi) is 4.17. The van der Waals surface area contributed by atoms with Gasteiger partial charge in [-0.1, -0.05) is 29.8 Å². The Hall–Kier alpha value is -1.77. The van der Waals surface area contributed by atoms with Crippen LogP contribution >= 0.6 is 11.6 Å². The number of aliphatic hydroxyl groups is 1. The zero-order valence-electron chi connectivity index (χ0n) is 10.8. The molecular weight excluding hydrogens is 280 g/mol. The fraction of sp³-hybridized carbons (Fsp3) is 0.429. The van der Waals surface area contributed by atoms with Crippen molar-refractivity contribution in [2.45, 2.75) is 18.9 Å². The average Bonchev–Trinajstić information content (AvgIpc) is 2.47. The van der Waals surface area contributed by atoms with Gasteiger partial charge >= 0.3 is 6.09 Å². The number of rotatable bonds is 2. The van der Waals surface area contributed by atoms with Crippen molar-refractivity contribution in [1.29, 1.82) is 5.26 Å². The minimum atomic E-state index is -1.02. The third-order valence-electron chi connectivity index (χ3n) is 3.87. The van der Waals surface area contributed by atoms with Gasteiger partial charge in [-0.2, -0.15) is 5.26 Å². The van der Waals surface area contributed by atoms with E-state index in [4.69, 9.17) is 16.7 Å². The van der Waals surface area contributed by atoms with Crippen molar-refractivity contribution in [3.8, 4) is 6.07 Å². The van der Waals surface area contributed by atoms with Crippen LogP contribution in [-0.4, -0.2) is 34.3 Å². The first-order valence-electron chi connectivity index (χ1n) is 6.32. The number of aliphatic hydroxyl groups excluding tert-OH is 1. The highest BCUT2D eigenvalue weighted by Gasteiger charge is 2.43. The van der Waals surface area contributed by atoms with E-state index in [2.05, 4.69) is 6.07 Å². The van der Waals surface area contributed by atoms with Crippen molar-refractivity contribution >= 4 is 17.7 Å². The van der Waals surface area contributed by atoms with Crippen molar-refractivity contribution in [1.82, 2.24) is 4.90 Å². The van der Waals surface area contributed by atoms with Crippen LogP contribution in [0.15, 0.2) is 24.3 Å². The zero-order valence-corrected chi connectivity index (χ0v) is 11.5. The predicted molar refractivity (Wildman–Crippen MR) is 73.3 cm³/mol. The normalized spacial score (nSPS) is 19.1. The zero-order chi connectivity index (χ0) is 14.8. The third-order valence-corrected chi connectivity index (χ3v) is 4.22. The molecule has 0 aliphatic carbocycles. The van der Waals surface area contributed by atoms with Gasteiger partial charge in [-0.25, -0.2) is 4.79 Å². The molecule has 2 rings (SSSR count). The van der Waals surface area contributed by atoms with E-state index in [1.54, 1.807) is 24.3 Å². The number of halogens is 1. The fourth-order valence-corrected chi connectivity index (χ4v) is 2.78. The van der Waals surface area contributed by atoms with Gasteiger partial charge in [0.2, 0.25) is 0 Å². The van der Waals surface area contributed by atoms with Gasteiger partial charge in [-0.05, 0) is 18.9 Å². The number of carboxylic acid groups (broad SMARTS) is 1. The Balaban J connectivity index is 2.23. The molecule has 106 valence electrons. The largest absolute Gasteiger partial charge is 0.465 e. The highest BCUT2D eigenvalue weighted by molar-refractivity contribution is 6.31. The monoisotopic (exact) mass is 294 g/mol. The van der Waals surface area contributed by atoms with Gasteiger partial charge in [0.15, 0.2) is 0 Å². The summed E-state index contributed by atoms with van der Waals surface area (Å²) < 4.78 is 0. The molecule has 2 N–H and O–H groups in total. The summed E-state index contributed by atoms with van der Waals surface area (Å²) >= 11 is 6.06. The number of carbonyl (C=O) groups is 1. The highest BCUT2D eigenvalue weighted by atomic mass is 35.5. The van der Waals surface area contributed by atoms with E-state index in [1.165, 1.54) is 4.90 Å². The Morgan fingerprint density at radius 3 is 2.50 bits per heavy atom. The van der Waals surface area contributed by atoms with E-state index in [1.807, 2.05) is 0 Å². The molecular formula is C14H15ClN2O3. The summed E-state index contributed by atoms with van der Waals surface area (Å²) in [5.41, 5.74) is -0.476. The molecule has 1 aliphatic rings. The third kappa shape index (κ3) is 2.58. The van der Waals surface area contributed by atoms with Crippen LogP contribution in [0, 0.1) is 16.7 Å². The number of hydrogen-bond donors (Lipinski definition) is 2. The lowest BCUT2D eigenvalue weighted by Crippen LogP contribution is -2.44. The Labute approximate surface area is 122 Å². The Morgan fingerprint density at radius 1 is 1.40 bits per heavy atom. The lowest BCUT2D eigenvalue weighted by Gasteiger charge is -2.39. The Bertz CT molecular complexity index is 548. The van der Waals surface area contributed by atoms with E-state index in [0.717, 1.165) is 0 Å². The van der Waals surface area contributed by atoms with Crippen LogP contribution in [-0.2, 0) is 0 Å². The molecule has 0 saturated carbocycles. The second kappa shape index (κ2) is 5.70. The van der Waals surface area contributed by atoms with E-state index in [0.29, 0.717) is 23.4 Å². The maximum Gasteiger partial charge on any atom is 0.407 e. The van der Waals surface area contributed by atoms with Crippen LogP contribution in [0.3, 0.4) is 0 Å². The summed E-state index contributed by atoms with van der Waals surface area (Å²) in [6.07, 6.45) is -1.43. The molecule has 1 saturated heterocycles. The lowest BCUT2D eigenvalue weighted by molar-refractivity contribution is 0.0151. The number of nitriles is 1. The van der Waals surface area contributed by atoms with Crippen LogP contribution in [0.2, 0.25) is 5.02 Å². The molecule has 0 aromatic heterocycles. The topological polar surface area (TPSA) is 84.6 Å². The van der Waals surface area contributed by atoms with E-state index >= 15 is 0 Å². The number of likely N-dealkylation sites (tertiary alicyclic amines) is 1. The van der Waals surface area contributed by atoms with Gasteiger partial charge in [0.05, 0.1) is 17.6 Å². The summed E-state index contributed by atoms with van der Waals surface area (Å²) in [4.78, 5) is 12.2. The molecule has 1 aromatic carbocycles. The summed E-state index contributed by atoms with van der Waals surface area (Å²) in [5.74, 6) is 0. The van der Waals surface area contributed by atoms with Crippen molar-refractivity contribution in [2.75, 3.05) is 13.1 Å². The van der Waals surface area contributed by atoms with Crippen LogP contribution in [0.25, 0.3) is 0 Å². The van der Waals surface area contributed by atoms with E-state index in [9.17, 15) is 15.2 Å². The van der Waals surface area contributed by atoms with Crippen LogP contribution in [0.5, 0.6) is 0 Å². The van der Waals surface area contributed by atoms with Crippen molar-refractivity contribution in [2.24, 2.45) is 5.41 Å². The molecule has 1 atom stereocenters. The minimum Gasteiger partial charge on any atom is -0.465 e. The standard InChI is InChI=1S/C14H15ClN2O3/c15-11-4-2-1-3-10(11)12(18)14(9-16)5-7-17(8-6-14)13(19)20/h1-4,12,18H,5-8H2,(H,19,20). The molecule has 6 heteroatoms. The number of amides is 1. The van der Waals surface area contributed by atoms with Crippen molar-refractivity contribution in [3.63, 3.8) is 0 Å². The summed E-state index contributed by atoms with van der Waals surface area (Å²) in [6.45, 7) is 0.481. The minimum absolute atomic E-state index is 0.240. The van der Waals surface area contributed by atoms with Crippen molar-refractivity contribution < 1.29 is 15.0 Å². The first-order chi connectivity index (χ1) is 9.50. The quantitative estimate of drug-likeness (QED) is 0.878. The molecule has 0 radical (unpaired) electrons. The fourth-order valence-electron chi connectivity index (χ4n) is 2.54. The molecule has 1 aromatic rings. The maximum atomic E-state index is 10.9. The summed E-state index contributed by atoms with van der Waals surface area (Å²) in [6, 6.07) is 9.03. The molecule has 0 spiro atoms. The van der Waals surface area contributed by atoms with Crippen LogP contribution in [0.4, 0.5) is 4.79 Å². The number of benzene rings is 1. The van der Waals surface area contributed by atoms with Crippen molar-refractivity contribution in [3.05, 3.63) is 34.9 Å². The second-order valence-electron chi connectivity index (χ2n) is 4.96. The smallest absolute Gasteiger partial charge is 0.407 e. The molecule has 0 bridgehead atoms. The molecule has 1 heterocycles. The SMILES string of the molecule is N#CC1(C(O)c2ccccc2Cl)CCN(C(=O)O)CC1. The predicted octanol–water partition coefficient (Wildman–Crippen LogP) is 2.66. The molecule has 1 aliphatic heterocycles.